The van der Waals surface area contributed by atoms with Crippen molar-refractivity contribution >= 4 is 63.4 Å². The number of urea groups is 1. The third-order valence-corrected chi connectivity index (χ3v) is 14.4. The van der Waals surface area contributed by atoms with E-state index in [0.29, 0.717) is 64.6 Å². The van der Waals surface area contributed by atoms with Gasteiger partial charge in [0.2, 0.25) is 0 Å². The van der Waals surface area contributed by atoms with E-state index in [1.165, 1.54) is 36.2 Å². The van der Waals surface area contributed by atoms with E-state index >= 15 is 8.78 Å². The normalized spacial score (nSPS) is 19.1. The molecule has 65 heavy (non-hydrogen) atoms. The number of fused-ring (bicyclic) bond motifs is 2. The number of aldehydes is 1. The number of rotatable bonds is 14. The number of halogens is 2. The van der Waals surface area contributed by atoms with Crippen LogP contribution in [0.25, 0.3) is 21.8 Å². The Morgan fingerprint density at radius 2 is 1.88 bits per heavy atom. The number of likely N-dealkylation sites (N-methyl/N-ethyl adjacent to an activating group) is 1. The highest BCUT2D eigenvalue weighted by atomic mass is 32.2. The molecule has 3 saturated heterocycles. The molecule has 4 fully saturated rings. The van der Waals surface area contributed by atoms with Gasteiger partial charge in [0.15, 0.2) is 17.4 Å². The lowest BCUT2D eigenvalue weighted by molar-refractivity contribution is -0.107. The van der Waals surface area contributed by atoms with Gasteiger partial charge in [-0.1, -0.05) is 0 Å². The molecule has 20 heteroatoms. The zero-order valence-corrected chi connectivity index (χ0v) is 37.2. The van der Waals surface area contributed by atoms with E-state index in [9.17, 15) is 24.8 Å². The van der Waals surface area contributed by atoms with Crippen molar-refractivity contribution in [2.75, 3.05) is 81.1 Å². The number of nitrogens with one attached hydrogen (secondary N) is 2. The lowest BCUT2D eigenvalue weighted by Gasteiger charge is -2.62. The topological polar surface area (TPSA) is 186 Å². The molecule has 3 aliphatic heterocycles. The van der Waals surface area contributed by atoms with Crippen molar-refractivity contribution in [2.45, 2.75) is 56.2 Å². The molecule has 2 aromatic heterocycles. The quantitative estimate of drug-likeness (QED) is 0.0960. The second kappa shape index (κ2) is 17.9. The minimum atomic E-state index is -0.735. The van der Waals surface area contributed by atoms with Gasteiger partial charge in [-0.05, 0) is 81.6 Å². The maximum atomic E-state index is 15.8. The number of aromatic nitrogens is 4. The Hall–Kier alpha value is -5.85. The van der Waals surface area contributed by atoms with Crippen LogP contribution in [0.1, 0.15) is 50.1 Å². The Morgan fingerprint density at radius 1 is 1.09 bits per heavy atom. The van der Waals surface area contributed by atoms with Crippen LogP contribution in [0.4, 0.5) is 30.8 Å². The zero-order chi connectivity index (χ0) is 45.6. The molecule has 5 aromatic rings. The number of nitrogens with zero attached hydrogens (tertiary/aromatic N) is 9. The van der Waals surface area contributed by atoms with Gasteiger partial charge in [0.05, 0.1) is 59.0 Å². The molecule has 5 heterocycles. The standard InChI is InChI=1S/C45H51F2N11O6S/c1-49-43(62)57(11-4-15-59)41-32-18-35(47)39(19-38(32)54(3)51-41)56-25-44(26-56)20-28(21-44)55-12-9-45(10-13-55)22-29(24-63-45)58-27-50-36-7-5-30(17-31(36)42(58)61)64-40-33(23-48)37(8-6-34(40)46)52-65-53(2)14-16-60/h5-8,15,17-19,27-29,52,60H,4,9-14,16,20-22,24-26H2,1-3H3,(H,49,62). The van der Waals surface area contributed by atoms with E-state index in [-0.39, 0.29) is 65.1 Å². The maximum absolute atomic E-state index is 15.8. The number of carbonyl (C=O) groups excluding carboxylic acids is 2. The summed E-state index contributed by atoms with van der Waals surface area (Å²) in [4.78, 5) is 48.3. The number of likely N-dealkylation sites (tertiary alicyclic amines) is 1. The number of aliphatic hydroxyl groups excluding tert-OH is 1. The summed E-state index contributed by atoms with van der Waals surface area (Å²) in [5, 5.41) is 27.1. The van der Waals surface area contributed by atoms with Crippen LogP contribution in [-0.4, -0.2) is 124 Å². The fraction of sp³-hybridized carbons (Fsp3) is 0.467. The molecule has 3 N–H and O–H groups in total. The van der Waals surface area contributed by atoms with Crippen LogP contribution in [0, 0.1) is 28.4 Å². The largest absolute Gasteiger partial charge is 0.453 e. The lowest BCUT2D eigenvalue weighted by atomic mass is 9.59. The molecule has 17 nitrogen and oxygen atoms in total. The second-order valence-electron chi connectivity index (χ2n) is 17.7. The van der Waals surface area contributed by atoms with Crippen LogP contribution in [0.2, 0.25) is 0 Å². The van der Waals surface area contributed by atoms with Gasteiger partial charge in [-0.15, -0.1) is 0 Å². The number of carbonyl (C=O) groups is 2. The first-order valence-corrected chi connectivity index (χ1v) is 22.5. The summed E-state index contributed by atoms with van der Waals surface area (Å²) in [5.74, 6) is -0.901. The summed E-state index contributed by atoms with van der Waals surface area (Å²) < 4.78 is 51.3. The summed E-state index contributed by atoms with van der Waals surface area (Å²) in [5.41, 5.74) is 1.48. The smallest absolute Gasteiger partial charge is 0.322 e. The minimum absolute atomic E-state index is 0.0464. The molecule has 2 amide bonds. The second-order valence-corrected chi connectivity index (χ2v) is 18.7. The molecule has 0 radical (unpaired) electrons. The van der Waals surface area contributed by atoms with Crippen LogP contribution in [0.3, 0.4) is 0 Å². The van der Waals surface area contributed by atoms with Gasteiger partial charge < -0.3 is 39.2 Å². The van der Waals surface area contributed by atoms with Crippen molar-refractivity contribution in [2.24, 2.45) is 12.5 Å². The summed E-state index contributed by atoms with van der Waals surface area (Å²) in [6, 6.07) is 12.4. The van der Waals surface area contributed by atoms with Gasteiger partial charge in [0.1, 0.15) is 29.5 Å². The zero-order valence-electron chi connectivity index (χ0n) is 36.4. The fourth-order valence-corrected chi connectivity index (χ4v) is 10.7. The fourth-order valence-electron chi connectivity index (χ4n) is 10.1. The Labute approximate surface area is 378 Å². The molecule has 342 valence electrons. The monoisotopic (exact) mass is 911 g/mol. The van der Waals surface area contributed by atoms with Crippen molar-refractivity contribution in [3.05, 3.63) is 76.3 Å². The van der Waals surface area contributed by atoms with Gasteiger partial charge in [0, 0.05) is 88.8 Å². The Balaban J connectivity index is 0.805. The number of anilines is 3. The van der Waals surface area contributed by atoms with E-state index in [1.807, 2.05) is 6.07 Å². The summed E-state index contributed by atoms with van der Waals surface area (Å²) in [6.07, 6.45) is 6.86. The number of amides is 2. The van der Waals surface area contributed by atoms with E-state index in [2.05, 4.69) is 29.9 Å². The SMILES string of the molecule is CNC(=O)N(CCC=O)c1nn(C)c2cc(N3CC4(CC(N5CCC6(CC5)CC(n5cnc7ccc(Oc8c(F)ccc(NSN(C)CCO)c8C#N)cc7c5=O)CO6)C4)C3)c(F)cc12. The molecule has 9 rings (SSSR count). The number of benzene rings is 3. The highest BCUT2D eigenvalue weighted by Crippen LogP contribution is 2.53. The molecule has 2 spiro atoms. The van der Waals surface area contributed by atoms with E-state index < -0.39 is 11.8 Å². The first kappa shape index (κ1) is 44.4. The van der Waals surface area contributed by atoms with Gasteiger partial charge >= 0.3 is 6.03 Å². The molecule has 1 saturated carbocycles. The lowest BCUT2D eigenvalue weighted by Crippen LogP contribution is -2.67. The van der Waals surface area contributed by atoms with Gasteiger partial charge in [0.25, 0.3) is 5.56 Å². The molecule has 1 unspecified atom stereocenters. The summed E-state index contributed by atoms with van der Waals surface area (Å²) >= 11 is 1.14. The Morgan fingerprint density at radius 3 is 2.60 bits per heavy atom. The number of aryl methyl sites for hydroxylation is 1. The van der Waals surface area contributed by atoms with Crippen LogP contribution < -0.4 is 30.1 Å². The van der Waals surface area contributed by atoms with E-state index in [1.54, 1.807) is 52.2 Å². The van der Waals surface area contributed by atoms with Crippen molar-refractivity contribution in [1.82, 2.24) is 33.9 Å². The average Bonchev–Trinajstić information content (AvgIpc) is 3.83. The first-order valence-electron chi connectivity index (χ1n) is 21.8. The highest BCUT2D eigenvalue weighted by Gasteiger charge is 2.55. The molecular weight excluding hydrogens is 861 g/mol. The van der Waals surface area contributed by atoms with Gasteiger partial charge in [-0.3, -0.25) is 18.9 Å². The number of nitriles is 1. The van der Waals surface area contributed by atoms with Crippen molar-refractivity contribution in [3.8, 4) is 17.6 Å². The Bertz CT molecular complexity index is 2740. The summed E-state index contributed by atoms with van der Waals surface area (Å²) in [7, 11) is 5.02. The molecule has 0 bridgehead atoms. The third-order valence-electron chi connectivity index (χ3n) is 13.5. The number of aliphatic hydroxyl groups is 1. The molecule has 1 atom stereocenters. The maximum Gasteiger partial charge on any atom is 0.322 e. The number of hydrogen-bond donors (Lipinski definition) is 3. The van der Waals surface area contributed by atoms with Crippen LogP contribution in [0.5, 0.6) is 11.5 Å². The molecule has 1 aliphatic carbocycles. The van der Waals surface area contributed by atoms with Gasteiger partial charge in [-0.25, -0.2) is 22.9 Å². The molecular formula is C45H51F2N11O6S. The van der Waals surface area contributed by atoms with E-state index in [0.717, 1.165) is 70.3 Å². The van der Waals surface area contributed by atoms with Crippen molar-refractivity contribution in [1.29, 1.82) is 5.26 Å². The van der Waals surface area contributed by atoms with Crippen LogP contribution in [0.15, 0.2) is 53.6 Å². The van der Waals surface area contributed by atoms with Crippen LogP contribution >= 0.6 is 12.1 Å². The average molecular weight is 912 g/mol. The Kier molecular flexibility index (Phi) is 12.2. The van der Waals surface area contributed by atoms with Crippen molar-refractivity contribution < 1.29 is 33.0 Å². The minimum Gasteiger partial charge on any atom is -0.453 e. The number of piperidine rings is 1. The third kappa shape index (κ3) is 8.35. The van der Waals surface area contributed by atoms with Crippen molar-refractivity contribution in [3.63, 3.8) is 0 Å². The van der Waals surface area contributed by atoms with Crippen LogP contribution in [-0.2, 0) is 16.6 Å². The predicted octanol–water partition coefficient (Wildman–Crippen LogP) is 5.32. The molecule has 4 aliphatic rings. The molecule has 3 aromatic carbocycles. The predicted molar refractivity (Wildman–Crippen MR) is 242 cm³/mol. The number of ether oxygens (including phenoxy) is 2. The highest BCUT2D eigenvalue weighted by molar-refractivity contribution is 7.98. The summed E-state index contributed by atoms with van der Waals surface area (Å²) in [6.45, 7) is 4.11. The van der Waals surface area contributed by atoms with Gasteiger partial charge in [-0.2, -0.15) is 10.4 Å². The van der Waals surface area contributed by atoms with E-state index in [4.69, 9.17) is 9.47 Å². The number of hydrogen-bond acceptors (Lipinski definition) is 14. The first-order chi connectivity index (χ1) is 31.4.